The molecule has 2 radical (unpaired) electrons. The van der Waals surface area contributed by atoms with Crippen LogP contribution >= 0.6 is 24.8 Å². The van der Waals surface area contributed by atoms with Crippen LogP contribution in [0, 0.1) is 42.5 Å². The molecular formula is C39H44Cl2SiZr-4. The Labute approximate surface area is 290 Å². The van der Waals surface area contributed by atoms with Crippen molar-refractivity contribution in [1.29, 1.82) is 0 Å². The third kappa shape index (κ3) is 9.39. The molecule has 0 N–H and O–H groups in total. The molecule has 0 aromatic heterocycles. The molecule has 0 amide bonds. The molecule has 43 heavy (non-hydrogen) atoms. The Morgan fingerprint density at radius 3 is 1.91 bits per heavy atom. The molecule has 0 aliphatic rings. The van der Waals surface area contributed by atoms with Crippen LogP contribution in [-0.4, -0.2) is 6.88 Å². The van der Waals surface area contributed by atoms with Gasteiger partial charge in [0.2, 0.25) is 0 Å². The molecule has 4 heteroatoms. The van der Waals surface area contributed by atoms with Gasteiger partial charge in [0.05, 0.1) is 0 Å². The summed E-state index contributed by atoms with van der Waals surface area (Å²) in [6.07, 6.45) is 0. The van der Waals surface area contributed by atoms with Gasteiger partial charge >= 0.3 is 30.2 Å². The van der Waals surface area contributed by atoms with Gasteiger partial charge < -0.3 is 14.9 Å². The maximum atomic E-state index is 3.06. The Morgan fingerprint density at radius 2 is 1.26 bits per heavy atom. The van der Waals surface area contributed by atoms with Crippen LogP contribution in [0.2, 0.25) is 0 Å². The van der Waals surface area contributed by atoms with Crippen molar-refractivity contribution in [3.8, 4) is 22.3 Å². The molecule has 6 aromatic carbocycles. The van der Waals surface area contributed by atoms with Gasteiger partial charge in [0.25, 0.3) is 0 Å². The predicted octanol–water partition coefficient (Wildman–Crippen LogP) is 12.2. The zero-order valence-electron chi connectivity index (χ0n) is 26.7. The van der Waals surface area contributed by atoms with Gasteiger partial charge in [-0.15, -0.1) is 93.4 Å². The molecule has 0 bridgehead atoms. The van der Waals surface area contributed by atoms with E-state index in [9.17, 15) is 0 Å². The Morgan fingerprint density at radius 1 is 0.605 bits per heavy atom. The third-order valence-electron chi connectivity index (χ3n) is 7.46. The average molecular weight is 703 g/mol. The SMILES string of the molecule is Cc1cc2c(-c3ccccc3)ccc(C)c2[cH-]1.Cc1ccc(C)c(-c2cccc3[cH-]c(C(C)C)cc23)c1.Cl.Cl.[CH3-].[CH3-].[Si]=[Zr]. The molecule has 0 fully saturated rings. The van der Waals surface area contributed by atoms with Gasteiger partial charge in [0, 0.05) is 0 Å². The summed E-state index contributed by atoms with van der Waals surface area (Å²) in [6, 6.07) is 37.6. The fourth-order valence-corrected chi connectivity index (χ4v) is 5.31. The minimum absolute atomic E-state index is 0. The van der Waals surface area contributed by atoms with Gasteiger partial charge in [-0.2, -0.15) is 12.1 Å². The number of benzene rings is 4. The van der Waals surface area contributed by atoms with Gasteiger partial charge in [0.1, 0.15) is 0 Å². The Balaban J connectivity index is 0.000000719. The zero-order chi connectivity index (χ0) is 28.1. The van der Waals surface area contributed by atoms with Crippen LogP contribution in [0.5, 0.6) is 0 Å². The summed E-state index contributed by atoms with van der Waals surface area (Å²) in [7, 11) is 0. The molecular weight excluding hydrogens is 659 g/mol. The van der Waals surface area contributed by atoms with Crippen molar-refractivity contribution in [3.05, 3.63) is 146 Å². The number of rotatable bonds is 3. The molecule has 6 aromatic rings. The van der Waals surface area contributed by atoms with E-state index in [-0.39, 0.29) is 39.7 Å². The molecule has 226 valence electrons. The number of hydrogen-bond acceptors (Lipinski definition) is 0. The number of halogens is 2. The van der Waals surface area contributed by atoms with E-state index in [2.05, 4.69) is 152 Å². The Hall–Kier alpha value is -2.22. The van der Waals surface area contributed by atoms with Crippen molar-refractivity contribution in [3.63, 3.8) is 0 Å². The second kappa shape index (κ2) is 18.6. The van der Waals surface area contributed by atoms with Gasteiger partial charge in [0.15, 0.2) is 0 Å². The first-order chi connectivity index (χ1) is 18.8. The number of fused-ring (bicyclic) bond motifs is 2. The van der Waals surface area contributed by atoms with E-state index >= 15 is 0 Å². The summed E-state index contributed by atoms with van der Waals surface area (Å²) in [5.74, 6) is 0.578. The van der Waals surface area contributed by atoms with Crippen LogP contribution in [0.25, 0.3) is 43.8 Å². The maximum absolute atomic E-state index is 3.06. The first-order valence-corrected chi connectivity index (χ1v) is 17.7. The topological polar surface area (TPSA) is 0 Å². The van der Waals surface area contributed by atoms with E-state index in [1.165, 1.54) is 95.0 Å². The molecule has 6 rings (SSSR count). The summed E-state index contributed by atoms with van der Waals surface area (Å²) < 4.78 is 0. The zero-order valence-corrected chi connectivity index (χ0v) is 31.8. The average Bonchev–Trinajstić information content (AvgIpc) is 3.57. The van der Waals surface area contributed by atoms with E-state index < -0.39 is 0 Å². The van der Waals surface area contributed by atoms with Crippen LogP contribution in [0.15, 0.2) is 103 Å². The molecule has 0 nitrogen and oxygen atoms in total. The van der Waals surface area contributed by atoms with Crippen molar-refractivity contribution in [2.45, 2.75) is 47.5 Å². The van der Waals surface area contributed by atoms with Gasteiger partial charge in [-0.3, -0.25) is 0 Å². The van der Waals surface area contributed by atoms with E-state index in [1.54, 1.807) is 0 Å². The summed E-state index contributed by atoms with van der Waals surface area (Å²) in [5.41, 5.74) is 12.1. The quantitative estimate of drug-likeness (QED) is 0.127. The van der Waals surface area contributed by atoms with Crippen molar-refractivity contribution in [1.82, 2.24) is 0 Å². The summed E-state index contributed by atoms with van der Waals surface area (Å²) in [6.45, 7) is 16.3. The van der Waals surface area contributed by atoms with Crippen molar-refractivity contribution < 1.29 is 23.3 Å². The van der Waals surface area contributed by atoms with Crippen molar-refractivity contribution >= 4 is 53.2 Å². The number of hydrogen-bond donors (Lipinski definition) is 0. The molecule has 0 heterocycles. The molecule has 0 atom stereocenters. The molecule has 0 saturated carbocycles. The summed E-state index contributed by atoms with van der Waals surface area (Å²) >= 11 is 1.36. The van der Waals surface area contributed by atoms with Gasteiger partial charge in [-0.05, 0) is 36.5 Å². The third-order valence-corrected chi connectivity index (χ3v) is 7.46. The Kier molecular flexibility index (Phi) is 17.6. The van der Waals surface area contributed by atoms with E-state index in [4.69, 9.17) is 0 Å². The monoisotopic (exact) mass is 700 g/mol. The molecule has 0 saturated heterocycles. The first-order valence-electron chi connectivity index (χ1n) is 13.6. The summed E-state index contributed by atoms with van der Waals surface area (Å²) in [5, 5.41) is 5.48. The first kappa shape index (κ1) is 40.8. The van der Waals surface area contributed by atoms with Crippen LogP contribution in [0.4, 0.5) is 0 Å². The van der Waals surface area contributed by atoms with E-state index in [1.807, 2.05) is 0 Å². The van der Waals surface area contributed by atoms with Crippen molar-refractivity contribution in [2.24, 2.45) is 0 Å². The minimum atomic E-state index is 0. The second-order valence-corrected chi connectivity index (χ2v) is 10.7. The molecule has 0 spiro atoms. The molecule has 0 aliphatic carbocycles. The van der Waals surface area contributed by atoms with Crippen LogP contribution in [-0.2, 0) is 23.3 Å². The molecule has 0 aliphatic heterocycles. The predicted molar refractivity (Wildman–Crippen MR) is 196 cm³/mol. The normalized spacial score (nSPS) is 9.72. The van der Waals surface area contributed by atoms with Crippen LogP contribution < -0.4 is 0 Å². The van der Waals surface area contributed by atoms with E-state index in [0.717, 1.165) is 0 Å². The Bertz CT molecular complexity index is 1710. The molecule has 0 unspecified atom stereocenters. The summed E-state index contributed by atoms with van der Waals surface area (Å²) in [4.78, 5) is 0. The van der Waals surface area contributed by atoms with Crippen LogP contribution in [0.1, 0.15) is 47.6 Å². The fraction of sp³-hybridized carbons (Fsp3) is 0.179. The van der Waals surface area contributed by atoms with Crippen molar-refractivity contribution in [2.75, 3.05) is 0 Å². The number of aryl methyl sites for hydroxylation is 4. The van der Waals surface area contributed by atoms with Gasteiger partial charge in [-0.1, -0.05) is 105 Å². The second-order valence-electron chi connectivity index (χ2n) is 10.7. The fourth-order valence-electron chi connectivity index (χ4n) is 5.31. The van der Waals surface area contributed by atoms with Gasteiger partial charge in [-0.25, -0.2) is 0 Å². The van der Waals surface area contributed by atoms with Crippen LogP contribution in [0.3, 0.4) is 0 Å². The van der Waals surface area contributed by atoms with E-state index in [0.29, 0.717) is 5.92 Å². The standard InChI is InChI=1S/C20H21.C17H15.2CH3.2ClH.Si.Zr/c1-13(2)17-11-16-6-5-7-18(20(16)12-17)19-10-14(3)8-9-15(19)4;1-12-10-16-13(2)8-9-15(17(16)11-12)14-6-4-3-5-7-14;;;;;;/h5-13H,1-4H3;3-11H,1-2H3;2*1H3;2*1H;;/q4*-1;;;;.